The molecule has 0 spiro atoms. The van der Waals surface area contributed by atoms with Gasteiger partial charge >= 0.3 is 0 Å². The van der Waals surface area contributed by atoms with Crippen molar-refractivity contribution in [1.82, 2.24) is 18.7 Å². The van der Waals surface area contributed by atoms with E-state index in [1.54, 1.807) is 30.3 Å². The minimum Gasteiger partial charge on any atom is -0.349 e. The average Bonchev–Trinajstić information content (AvgIpc) is 3.34. The van der Waals surface area contributed by atoms with Crippen molar-refractivity contribution in [2.45, 2.75) is 29.9 Å². The third kappa shape index (κ3) is 4.29. The van der Waals surface area contributed by atoms with Crippen molar-refractivity contribution in [1.29, 1.82) is 0 Å². The zero-order chi connectivity index (χ0) is 23.7. The summed E-state index contributed by atoms with van der Waals surface area (Å²) in [4.78, 5) is 18.2. The van der Waals surface area contributed by atoms with E-state index in [4.69, 9.17) is 0 Å². The maximum Gasteiger partial charge on any atom is 0.243 e. The SMILES string of the molecule is CN1CCN(C(=O)CC2c3cccn3CCN2S(=O)(=O)c2ccccc2)C(c2ccccc2)C1. The molecule has 7 nitrogen and oxygen atoms in total. The Morgan fingerprint density at radius 3 is 2.32 bits per heavy atom. The molecule has 2 aliphatic heterocycles. The Balaban J connectivity index is 1.46. The van der Waals surface area contributed by atoms with Crippen LogP contribution in [0.15, 0.2) is 83.9 Å². The summed E-state index contributed by atoms with van der Waals surface area (Å²) in [5.74, 6) is -0.0186. The van der Waals surface area contributed by atoms with Crippen LogP contribution in [0.2, 0.25) is 0 Å². The van der Waals surface area contributed by atoms with E-state index < -0.39 is 16.1 Å². The van der Waals surface area contributed by atoms with Crippen molar-refractivity contribution in [3.8, 4) is 0 Å². The zero-order valence-corrected chi connectivity index (χ0v) is 20.1. The Kier molecular flexibility index (Phi) is 6.29. The van der Waals surface area contributed by atoms with Crippen molar-refractivity contribution in [2.24, 2.45) is 0 Å². The predicted molar refractivity (Wildman–Crippen MR) is 131 cm³/mol. The Bertz CT molecular complexity index is 1240. The molecule has 0 bridgehead atoms. The van der Waals surface area contributed by atoms with Gasteiger partial charge in [-0.05, 0) is 36.9 Å². The van der Waals surface area contributed by atoms with Crippen molar-refractivity contribution in [3.05, 3.63) is 90.3 Å². The molecule has 5 rings (SSSR count). The summed E-state index contributed by atoms with van der Waals surface area (Å²) in [7, 11) is -1.67. The van der Waals surface area contributed by atoms with E-state index in [1.165, 1.54) is 4.31 Å². The molecular weight excluding hydrogens is 448 g/mol. The molecule has 8 heteroatoms. The molecule has 1 aromatic heterocycles. The second-order valence-electron chi connectivity index (χ2n) is 9.05. The number of piperazine rings is 1. The number of nitrogens with zero attached hydrogens (tertiary/aromatic N) is 4. The minimum absolute atomic E-state index is 0.0186. The van der Waals surface area contributed by atoms with Gasteiger partial charge in [0.25, 0.3) is 0 Å². The topological polar surface area (TPSA) is 65.9 Å². The predicted octanol–water partition coefficient (Wildman–Crippen LogP) is 3.14. The number of carbonyl (C=O) groups excluding carboxylic acids is 1. The van der Waals surface area contributed by atoms with Gasteiger partial charge in [-0.2, -0.15) is 4.31 Å². The van der Waals surface area contributed by atoms with E-state index in [1.807, 2.05) is 41.4 Å². The molecule has 0 saturated carbocycles. The molecule has 3 heterocycles. The number of rotatable bonds is 5. The van der Waals surface area contributed by atoms with Crippen molar-refractivity contribution >= 4 is 15.9 Å². The number of sulfonamides is 1. The first-order chi connectivity index (χ1) is 16.4. The highest BCUT2D eigenvalue weighted by molar-refractivity contribution is 7.89. The molecular formula is C26H30N4O3S. The standard InChI is InChI=1S/C26H30N4O3S/c1-27-15-17-29(25(20-27)21-9-4-2-5-10-21)26(31)19-24-23-13-8-14-28(23)16-18-30(24)34(32,33)22-11-6-3-7-12-22/h2-14,24-25H,15-20H2,1H3. The molecule has 1 amide bonds. The molecule has 1 saturated heterocycles. The summed E-state index contributed by atoms with van der Waals surface area (Å²) in [6, 6.07) is 21.8. The minimum atomic E-state index is -3.74. The summed E-state index contributed by atoms with van der Waals surface area (Å²) in [5, 5.41) is 0. The Labute approximate surface area is 201 Å². The summed E-state index contributed by atoms with van der Waals surface area (Å²) in [6.07, 6.45) is 2.07. The number of aromatic nitrogens is 1. The zero-order valence-electron chi connectivity index (χ0n) is 19.3. The van der Waals surface area contributed by atoms with Gasteiger partial charge in [-0.25, -0.2) is 8.42 Å². The third-order valence-electron chi connectivity index (χ3n) is 6.92. The van der Waals surface area contributed by atoms with Crippen molar-refractivity contribution < 1.29 is 13.2 Å². The molecule has 34 heavy (non-hydrogen) atoms. The highest BCUT2D eigenvalue weighted by atomic mass is 32.2. The molecule has 178 valence electrons. The van der Waals surface area contributed by atoms with Crippen LogP contribution in [0.3, 0.4) is 0 Å². The summed E-state index contributed by atoms with van der Waals surface area (Å²) in [5.41, 5.74) is 1.97. The molecule has 3 aromatic rings. The number of fused-ring (bicyclic) bond motifs is 1. The number of hydrogen-bond donors (Lipinski definition) is 0. The van der Waals surface area contributed by atoms with Crippen molar-refractivity contribution in [3.63, 3.8) is 0 Å². The van der Waals surface area contributed by atoms with Gasteiger partial charge in [0.05, 0.1) is 17.0 Å². The summed E-state index contributed by atoms with van der Waals surface area (Å²) < 4.78 is 30.8. The van der Waals surface area contributed by atoms with E-state index >= 15 is 0 Å². The van der Waals surface area contributed by atoms with Gasteiger partial charge in [-0.1, -0.05) is 48.5 Å². The van der Waals surface area contributed by atoms with Gasteiger partial charge in [0.1, 0.15) is 0 Å². The van der Waals surface area contributed by atoms with Crippen LogP contribution in [-0.2, 0) is 21.4 Å². The van der Waals surface area contributed by atoms with Gasteiger partial charge in [-0.15, -0.1) is 0 Å². The number of likely N-dealkylation sites (N-methyl/N-ethyl adjacent to an activating group) is 1. The monoisotopic (exact) mass is 478 g/mol. The maximum absolute atomic E-state index is 13.8. The third-order valence-corrected chi connectivity index (χ3v) is 8.84. The number of amides is 1. The smallest absolute Gasteiger partial charge is 0.243 e. The van der Waals surface area contributed by atoms with Gasteiger partial charge in [0, 0.05) is 51.0 Å². The van der Waals surface area contributed by atoms with Crippen LogP contribution < -0.4 is 0 Å². The van der Waals surface area contributed by atoms with Gasteiger partial charge in [0.2, 0.25) is 15.9 Å². The maximum atomic E-state index is 13.8. The van der Waals surface area contributed by atoms with Crippen LogP contribution in [-0.4, -0.2) is 66.2 Å². The lowest BCUT2D eigenvalue weighted by Crippen LogP contribution is -2.51. The first kappa shape index (κ1) is 22.8. The van der Waals surface area contributed by atoms with Crippen LogP contribution in [0.25, 0.3) is 0 Å². The van der Waals surface area contributed by atoms with E-state index in [9.17, 15) is 13.2 Å². The second-order valence-corrected chi connectivity index (χ2v) is 10.9. The first-order valence-corrected chi connectivity index (χ1v) is 13.1. The normalized spacial score (nSPS) is 21.9. The van der Waals surface area contributed by atoms with Crippen LogP contribution >= 0.6 is 0 Å². The number of carbonyl (C=O) groups is 1. The quantitative estimate of drug-likeness (QED) is 0.565. The van der Waals surface area contributed by atoms with E-state index in [-0.39, 0.29) is 23.3 Å². The molecule has 0 N–H and O–H groups in total. The lowest BCUT2D eigenvalue weighted by atomic mass is 10.0. The molecule has 2 aliphatic rings. The van der Waals surface area contributed by atoms with Gasteiger partial charge in [0.15, 0.2) is 0 Å². The highest BCUT2D eigenvalue weighted by Gasteiger charge is 2.40. The van der Waals surface area contributed by atoms with Gasteiger partial charge < -0.3 is 14.4 Å². The molecule has 2 aromatic carbocycles. The second kappa shape index (κ2) is 9.37. The van der Waals surface area contributed by atoms with Crippen LogP contribution in [0, 0.1) is 0 Å². The van der Waals surface area contributed by atoms with Crippen LogP contribution in [0.1, 0.15) is 29.8 Å². The Morgan fingerprint density at radius 1 is 0.882 bits per heavy atom. The average molecular weight is 479 g/mol. The van der Waals surface area contributed by atoms with E-state index in [0.717, 1.165) is 24.3 Å². The lowest BCUT2D eigenvalue weighted by molar-refractivity contribution is -0.137. The van der Waals surface area contributed by atoms with Crippen LogP contribution in [0.5, 0.6) is 0 Å². The molecule has 1 fully saturated rings. The summed E-state index contributed by atoms with van der Waals surface area (Å²) >= 11 is 0. The number of benzene rings is 2. The molecule has 2 atom stereocenters. The Hall–Kier alpha value is -2.94. The Morgan fingerprint density at radius 2 is 1.59 bits per heavy atom. The van der Waals surface area contributed by atoms with Gasteiger partial charge in [-0.3, -0.25) is 4.79 Å². The number of hydrogen-bond acceptors (Lipinski definition) is 4. The highest BCUT2D eigenvalue weighted by Crippen LogP contribution is 2.35. The molecule has 0 aliphatic carbocycles. The lowest BCUT2D eigenvalue weighted by Gasteiger charge is -2.42. The largest absolute Gasteiger partial charge is 0.349 e. The van der Waals surface area contributed by atoms with Crippen molar-refractivity contribution in [2.75, 3.05) is 33.2 Å². The van der Waals surface area contributed by atoms with E-state index in [0.29, 0.717) is 19.6 Å². The fourth-order valence-electron chi connectivity index (χ4n) is 5.13. The first-order valence-electron chi connectivity index (χ1n) is 11.7. The molecule has 0 radical (unpaired) electrons. The van der Waals surface area contributed by atoms with Crippen LogP contribution in [0.4, 0.5) is 0 Å². The van der Waals surface area contributed by atoms with E-state index in [2.05, 4.69) is 28.6 Å². The fourth-order valence-corrected chi connectivity index (χ4v) is 6.74. The fraction of sp³-hybridized carbons (Fsp3) is 0.346. The molecule has 2 unspecified atom stereocenters. The summed E-state index contributed by atoms with van der Waals surface area (Å²) in [6.45, 7) is 3.07.